The zero-order chi connectivity index (χ0) is 19.2. The third-order valence-corrected chi connectivity index (χ3v) is 4.30. The Bertz CT molecular complexity index is 926. The minimum Gasteiger partial charge on any atom is -0.490 e. The number of nitrogens with zero attached hydrogens (tertiary/aromatic N) is 3. The molecule has 0 spiro atoms. The van der Waals surface area contributed by atoms with E-state index >= 15 is 0 Å². The van der Waals surface area contributed by atoms with Crippen LogP contribution in [-0.2, 0) is 13.1 Å². The number of nitrogens with one attached hydrogen (secondary N) is 2. The maximum absolute atomic E-state index is 12.1. The van der Waals surface area contributed by atoms with Crippen molar-refractivity contribution in [2.75, 3.05) is 13.2 Å². The molecule has 4 rings (SSSR count). The molecule has 0 atom stereocenters. The van der Waals surface area contributed by atoms with Gasteiger partial charge in [0.1, 0.15) is 12.1 Å². The number of hydrogen-bond acceptors (Lipinski definition) is 5. The van der Waals surface area contributed by atoms with Gasteiger partial charge in [0.2, 0.25) is 0 Å². The van der Waals surface area contributed by atoms with E-state index < -0.39 is 0 Å². The van der Waals surface area contributed by atoms with E-state index in [0.29, 0.717) is 26.3 Å². The maximum Gasteiger partial charge on any atom is 0.315 e. The molecule has 0 fully saturated rings. The lowest BCUT2D eigenvalue weighted by molar-refractivity contribution is 0.240. The molecule has 8 nitrogen and oxygen atoms in total. The molecule has 144 valence electrons. The quantitative estimate of drug-likeness (QED) is 0.711. The van der Waals surface area contributed by atoms with Gasteiger partial charge >= 0.3 is 6.03 Å². The number of ether oxygens (including phenoxy) is 2. The molecule has 3 aromatic rings. The number of carbonyl (C=O) groups is 1. The van der Waals surface area contributed by atoms with E-state index in [-0.39, 0.29) is 6.03 Å². The van der Waals surface area contributed by atoms with E-state index in [2.05, 4.69) is 20.6 Å². The van der Waals surface area contributed by atoms with Crippen LogP contribution in [-0.4, -0.2) is 33.8 Å². The molecule has 0 unspecified atom stereocenters. The van der Waals surface area contributed by atoms with Gasteiger partial charge in [-0.3, -0.25) is 4.57 Å². The highest BCUT2D eigenvalue weighted by atomic mass is 16.5. The summed E-state index contributed by atoms with van der Waals surface area (Å²) in [5.74, 6) is 2.25. The second-order valence-electron chi connectivity index (χ2n) is 6.36. The van der Waals surface area contributed by atoms with Crippen molar-refractivity contribution in [1.82, 2.24) is 25.2 Å². The molecule has 8 heteroatoms. The van der Waals surface area contributed by atoms with Crippen LogP contribution in [0.2, 0.25) is 0 Å². The highest BCUT2D eigenvalue weighted by Gasteiger charge is 2.11. The van der Waals surface area contributed by atoms with Crippen molar-refractivity contribution in [2.24, 2.45) is 0 Å². The monoisotopic (exact) mass is 379 g/mol. The Kier molecular flexibility index (Phi) is 5.37. The minimum absolute atomic E-state index is 0.245. The van der Waals surface area contributed by atoms with Crippen LogP contribution in [0, 0.1) is 0 Å². The second-order valence-corrected chi connectivity index (χ2v) is 6.36. The van der Waals surface area contributed by atoms with Crippen LogP contribution < -0.4 is 20.1 Å². The van der Waals surface area contributed by atoms with Gasteiger partial charge in [-0.15, -0.1) is 0 Å². The summed E-state index contributed by atoms with van der Waals surface area (Å²) >= 11 is 0. The van der Waals surface area contributed by atoms with E-state index in [1.807, 2.05) is 41.1 Å². The Morgan fingerprint density at radius 1 is 1.04 bits per heavy atom. The predicted molar refractivity (Wildman–Crippen MR) is 102 cm³/mol. The van der Waals surface area contributed by atoms with Crippen molar-refractivity contribution in [1.29, 1.82) is 0 Å². The second kappa shape index (κ2) is 8.43. The summed E-state index contributed by atoms with van der Waals surface area (Å²) in [5, 5.41) is 5.68. The van der Waals surface area contributed by atoms with Crippen molar-refractivity contribution < 1.29 is 14.3 Å². The van der Waals surface area contributed by atoms with Gasteiger partial charge in [0.25, 0.3) is 0 Å². The topological polar surface area (TPSA) is 90.3 Å². The first-order chi connectivity index (χ1) is 13.8. The average molecular weight is 379 g/mol. The summed E-state index contributed by atoms with van der Waals surface area (Å²) < 4.78 is 13.1. The van der Waals surface area contributed by atoms with E-state index in [9.17, 15) is 4.79 Å². The fourth-order valence-electron chi connectivity index (χ4n) is 2.81. The molecule has 0 saturated carbocycles. The number of hydrogen-bond donors (Lipinski definition) is 2. The number of amides is 2. The fourth-order valence-corrected chi connectivity index (χ4v) is 2.81. The van der Waals surface area contributed by atoms with Crippen LogP contribution in [0.5, 0.6) is 11.5 Å². The third kappa shape index (κ3) is 4.40. The molecule has 0 radical (unpaired) electrons. The van der Waals surface area contributed by atoms with Gasteiger partial charge < -0.3 is 20.1 Å². The zero-order valence-corrected chi connectivity index (χ0v) is 15.3. The fraction of sp³-hybridized carbons (Fsp3) is 0.250. The predicted octanol–water partition coefficient (Wildman–Crippen LogP) is 2.43. The summed E-state index contributed by atoms with van der Waals surface area (Å²) in [6.45, 7) is 2.09. The lowest BCUT2D eigenvalue weighted by atomic mass is 10.2. The highest BCUT2D eigenvalue weighted by molar-refractivity contribution is 5.73. The van der Waals surface area contributed by atoms with Gasteiger partial charge in [0.05, 0.1) is 13.2 Å². The van der Waals surface area contributed by atoms with Crippen LogP contribution in [0.4, 0.5) is 4.79 Å². The molecule has 1 aromatic carbocycles. The normalized spacial score (nSPS) is 12.9. The number of imidazole rings is 1. The number of benzene rings is 1. The average Bonchev–Trinajstić information content (AvgIpc) is 3.17. The summed E-state index contributed by atoms with van der Waals surface area (Å²) in [7, 11) is 0. The van der Waals surface area contributed by atoms with Crippen LogP contribution in [0.3, 0.4) is 0 Å². The molecule has 1 aliphatic heterocycles. The molecule has 3 heterocycles. The van der Waals surface area contributed by atoms with Crippen molar-refractivity contribution in [3.05, 3.63) is 66.4 Å². The summed E-state index contributed by atoms with van der Waals surface area (Å²) in [6, 6.07) is 9.27. The molecule has 0 aliphatic carbocycles. The van der Waals surface area contributed by atoms with Crippen molar-refractivity contribution in [3.63, 3.8) is 0 Å². The lowest BCUT2D eigenvalue weighted by Crippen LogP contribution is -2.34. The number of aromatic nitrogens is 3. The molecule has 0 saturated heterocycles. The molecule has 1 aliphatic rings. The molecule has 2 N–H and O–H groups in total. The van der Waals surface area contributed by atoms with E-state index in [1.165, 1.54) is 0 Å². The third-order valence-electron chi connectivity index (χ3n) is 4.30. The zero-order valence-electron chi connectivity index (χ0n) is 15.3. The lowest BCUT2D eigenvalue weighted by Gasteiger charge is -2.11. The number of rotatable bonds is 5. The summed E-state index contributed by atoms with van der Waals surface area (Å²) in [4.78, 5) is 20.4. The number of fused-ring (bicyclic) bond motifs is 1. The van der Waals surface area contributed by atoms with Crippen molar-refractivity contribution in [3.8, 4) is 17.3 Å². The Morgan fingerprint density at radius 3 is 2.57 bits per heavy atom. The standard InChI is InChI=1S/C20H21N5O3/c26-20(23-11-15-2-4-17-18(10-15)28-9-1-8-27-17)24-13-16-3-5-19(22-12-16)25-7-6-21-14-25/h2-7,10,12,14H,1,8-9,11,13H2,(H2,23,24,26). The number of urea groups is 1. The summed E-state index contributed by atoms with van der Waals surface area (Å²) in [6.07, 6.45) is 7.81. The Labute approximate surface area is 162 Å². The minimum atomic E-state index is -0.245. The number of carbonyl (C=O) groups excluding carboxylic acids is 1. The molecular weight excluding hydrogens is 358 g/mol. The molecule has 0 bridgehead atoms. The van der Waals surface area contributed by atoms with Gasteiger partial charge in [0.15, 0.2) is 11.5 Å². The van der Waals surface area contributed by atoms with Crippen molar-refractivity contribution >= 4 is 6.03 Å². The van der Waals surface area contributed by atoms with E-state index in [1.54, 1.807) is 18.7 Å². The molecular formula is C20H21N5O3. The summed E-state index contributed by atoms with van der Waals surface area (Å²) in [5.41, 5.74) is 1.86. The first-order valence-electron chi connectivity index (χ1n) is 9.11. The van der Waals surface area contributed by atoms with E-state index in [0.717, 1.165) is 34.9 Å². The van der Waals surface area contributed by atoms with Crippen LogP contribution in [0.15, 0.2) is 55.2 Å². The number of pyridine rings is 1. The molecule has 2 aromatic heterocycles. The Hall–Kier alpha value is -3.55. The SMILES string of the molecule is O=C(NCc1ccc(-n2ccnc2)nc1)NCc1ccc2c(c1)OCCCO2. The largest absolute Gasteiger partial charge is 0.490 e. The molecule has 28 heavy (non-hydrogen) atoms. The van der Waals surface area contributed by atoms with Crippen LogP contribution >= 0.6 is 0 Å². The molecule has 2 amide bonds. The first-order valence-corrected chi connectivity index (χ1v) is 9.11. The van der Waals surface area contributed by atoms with Gasteiger partial charge in [-0.1, -0.05) is 12.1 Å². The highest BCUT2D eigenvalue weighted by Crippen LogP contribution is 2.30. The smallest absolute Gasteiger partial charge is 0.315 e. The first kappa shape index (κ1) is 17.8. The Morgan fingerprint density at radius 2 is 1.82 bits per heavy atom. The van der Waals surface area contributed by atoms with Gasteiger partial charge in [0, 0.05) is 38.1 Å². The van der Waals surface area contributed by atoms with Gasteiger partial charge in [-0.25, -0.2) is 14.8 Å². The Balaban J connectivity index is 1.26. The van der Waals surface area contributed by atoms with Crippen LogP contribution in [0.1, 0.15) is 17.5 Å². The maximum atomic E-state index is 12.1. The van der Waals surface area contributed by atoms with Crippen LogP contribution in [0.25, 0.3) is 5.82 Å². The van der Waals surface area contributed by atoms with Gasteiger partial charge in [-0.2, -0.15) is 0 Å². The van der Waals surface area contributed by atoms with E-state index in [4.69, 9.17) is 9.47 Å². The van der Waals surface area contributed by atoms with Crippen molar-refractivity contribution in [2.45, 2.75) is 19.5 Å². The van der Waals surface area contributed by atoms with Gasteiger partial charge in [-0.05, 0) is 29.3 Å².